The Bertz CT molecular complexity index is 405. The number of benzene rings is 1. The molecular weight excluding hydrogens is 224 g/mol. The van der Waals surface area contributed by atoms with Crippen molar-refractivity contribution in [2.24, 2.45) is 0 Å². The van der Waals surface area contributed by atoms with Gasteiger partial charge in [0.1, 0.15) is 0 Å². The summed E-state index contributed by atoms with van der Waals surface area (Å²) in [6, 6.07) is 7.52. The van der Waals surface area contributed by atoms with E-state index in [9.17, 15) is 5.11 Å². The summed E-state index contributed by atoms with van der Waals surface area (Å²) in [7, 11) is 0. The molecule has 2 unspecified atom stereocenters. The van der Waals surface area contributed by atoms with Crippen LogP contribution in [-0.2, 0) is 0 Å². The normalized spacial score (nSPS) is 24.3. The van der Waals surface area contributed by atoms with Crippen molar-refractivity contribution in [3.63, 3.8) is 0 Å². The first-order chi connectivity index (χ1) is 8.61. The number of rotatable bonds is 3. The SMILES string of the molecule is Cc1ccc(N2CC(C)NCC2CCO)c(C)c1. The molecule has 2 N–H and O–H groups in total. The van der Waals surface area contributed by atoms with Crippen LogP contribution in [0.1, 0.15) is 24.5 Å². The first kappa shape index (κ1) is 13.4. The lowest BCUT2D eigenvalue weighted by atomic mass is 10.0. The van der Waals surface area contributed by atoms with Gasteiger partial charge in [-0.25, -0.2) is 0 Å². The molecule has 1 aromatic rings. The summed E-state index contributed by atoms with van der Waals surface area (Å²) in [6.45, 7) is 8.73. The average Bonchev–Trinajstić information content (AvgIpc) is 2.32. The smallest absolute Gasteiger partial charge is 0.0451 e. The fourth-order valence-corrected chi connectivity index (χ4v) is 2.79. The third-order valence-electron chi connectivity index (χ3n) is 3.74. The van der Waals surface area contributed by atoms with Crippen molar-refractivity contribution < 1.29 is 5.11 Å². The predicted octanol–water partition coefficient (Wildman–Crippen LogP) is 1.85. The number of hydrogen-bond acceptors (Lipinski definition) is 3. The Hall–Kier alpha value is -1.06. The molecule has 1 fully saturated rings. The summed E-state index contributed by atoms with van der Waals surface area (Å²) in [4.78, 5) is 2.45. The Morgan fingerprint density at radius 3 is 2.83 bits per heavy atom. The van der Waals surface area contributed by atoms with Gasteiger partial charge in [-0.05, 0) is 38.8 Å². The number of hydrogen-bond donors (Lipinski definition) is 2. The van der Waals surface area contributed by atoms with Crippen LogP contribution in [0.5, 0.6) is 0 Å². The molecule has 1 aliphatic heterocycles. The van der Waals surface area contributed by atoms with Crippen LogP contribution in [0.2, 0.25) is 0 Å². The maximum Gasteiger partial charge on any atom is 0.0451 e. The van der Waals surface area contributed by atoms with Gasteiger partial charge in [0.2, 0.25) is 0 Å². The van der Waals surface area contributed by atoms with Crippen LogP contribution in [0.15, 0.2) is 18.2 Å². The van der Waals surface area contributed by atoms with Crippen LogP contribution >= 0.6 is 0 Å². The fourth-order valence-electron chi connectivity index (χ4n) is 2.79. The molecule has 1 aromatic carbocycles. The highest BCUT2D eigenvalue weighted by Gasteiger charge is 2.26. The van der Waals surface area contributed by atoms with Crippen molar-refractivity contribution in [1.29, 1.82) is 0 Å². The Balaban J connectivity index is 2.26. The van der Waals surface area contributed by atoms with E-state index in [4.69, 9.17) is 0 Å². The molecule has 3 heteroatoms. The molecule has 2 rings (SSSR count). The van der Waals surface area contributed by atoms with E-state index in [1.54, 1.807) is 0 Å². The summed E-state index contributed by atoms with van der Waals surface area (Å²) in [5.41, 5.74) is 3.94. The molecule has 1 heterocycles. The van der Waals surface area contributed by atoms with E-state index in [1.165, 1.54) is 16.8 Å². The molecule has 2 atom stereocenters. The van der Waals surface area contributed by atoms with E-state index in [1.807, 2.05) is 0 Å². The van der Waals surface area contributed by atoms with Crippen LogP contribution < -0.4 is 10.2 Å². The molecule has 0 bridgehead atoms. The van der Waals surface area contributed by atoms with Gasteiger partial charge in [0, 0.05) is 37.5 Å². The van der Waals surface area contributed by atoms with E-state index in [2.05, 4.69) is 49.2 Å². The second-order valence-electron chi connectivity index (χ2n) is 5.42. The van der Waals surface area contributed by atoms with Gasteiger partial charge in [-0.3, -0.25) is 0 Å². The van der Waals surface area contributed by atoms with E-state index in [0.717, 1.165) is 19.5 Å². The quantitative estimate of drug-likeness (QED) is 0.857. The summed E-state index contributed by atoms with van der Waals surface area (Å²) >= 11 is 0. The van der Waals surface area contributed by atoms with Crippen molar-refractivity contribution in [2.45, 2.75) is 39.3 Å². The lowest BCUT2D eigenvalue weighted by Crippen LogP contribution is -2.56. The fraction of sp³-hybridized carbons (Fsp3) is 0.600. The first-order valence-corrected chi connectivity index (χ1v) is 6.80. The molecule has 1 aliphatic rings. The second-order valence-corrected chi connectivity index (χ2v) is 5.42. The van der Waals surface area contributed by atoms with E-state index >= 15 is 0 Å². The van der Waals surface area contributed by atoms with Gasteiger partial charge >= 0.3 is 0 Å². The van der Waals surface area contributed by atoms with Gasteiger partial charge in [-0.2, -0.15) is 0 Å². The Morgan fingerprint density at radius 1 is 1.39 bits per heavy atom. The summed E-state index contributed by atoms with van der Waals surface area (Å²) in [5, 5.41) is 12.7. The zero-order chi connectivity index (χ0) is 13.1. The van der Waals surface area contributed by atoms with E-state index in [-0.39, 0.29) is 6.61 Å². The summed E-state index contributed by atoms with van der Waals surface area (Å²) < 4.78 is 0. The van der Waals surface area contributed by atoms with Crippen molar-refractivity contribution in [2.75, 3.05) is 24.6 Å². The molecule has 0 radical (unpaired) electrons. The van der Waals surface area contributed by atoms with Crippen molar-refractivity contribution >= 4 is 5.69 Å². The highest BCUT2D eigenvalue weighted by atomic mass is 16.3. The molecule has 100 valence electrons. The molecule has 0 aliphatic carbocycles. The van der Waals surface area contributed by atoms with Crippen LogP contribution in [-0.4, -0.2) is 36.9 Å². The maximum absolute atomic E-state index is 9.21. The second kappa shape index (κ2) is 5.72. The van der Waals surface area contributed by atoms with Crippen LogP contribution in [0, 0.1) is 13.8 Å². The van der Waals surface area contributed by atoms with E-state index in [0.29, 0.717) is 12.1 Å². The van der Waals surface area contributed by atoms with Crippen molar-refractivity contribution in [1.82, 2.24) is 5.32 Å². The standard InChI is InChI=1S/C15H24N2O/c1-11-4-5-15(12(2)8-11)17-10-13(3)16-9-14(17)6-7-18/h4-5,8,13-14,16,18H,6-7,9-10H2,1-3H3. The minimum absolute atomic E-state index is 0.252. The lowest BCUT2D eigenvalue weighted by molar-refractivity contribution is 0.260. The number of nitrogens with one attached hydrogen (secondary N) is 1. The monoisotopic (exact) mass is 248 g/mol. The highest BCUT2D eigenvalue weighted by Crippen LogP contribution is 2.26. The van der Waals surface area contributed by atoms with Gasteiger partial charge in [-0.15, -0.1) is 0 Å². The minimum atomic E-state index is 0.252. The summed E-state index contributed by atoms with van der Waals surface area (Å²) in [6.07, 6.45) is 0.826. The molecule has 0 amide bonds. The molecule has 0 spiro atoms. The molecule has 0 saturated carbocycles. The topological polar surface area (TPSA) is 35.5 Å². The third kappa shape index (κ3) is 2.85. The lowest BCUT2D eigenvalue weighted by Gasteiger charge is -2.41. The molecule has 18 heavy (non-hydrogen) atoms. The highest BCUT2D eigenvalue weighted by molar-refractivity contribution is 5.55. The zero-order valence-electron chi connectivity index (χ0n) is 11.6. The zero-order valence-corrected chi connectivity index (χ0v) is 11.6. The number of aryl methyl sites for hydroxylation is 2. The molecular formula is C15H24N2O. The van der Waals surface area contributed by atoms with Gasteiger partial charge in [0.25, 0.3) is 0 Å². The molecule has 3 nitrogen and oxygen atoms in total. The minimum Gasteiger partial charge on any atom is -0.396 e. The van der Waals surface area contributed by atoms with Crippen molar-refractivity contribution in [3.05, 3.63) is 29.3 Å². The maximum atomic E-state index is 9.21. The van der Waals surface area contributed by atoms with Crippen LogP contribution in [0.4, 0.5) is 5.69 Å². The number of aliphatic hydroxyl groups excluding tert-OH is 1. The summed E-state index contributed by atoms with van der Waals surface area (Å²) in [5.74, 6) is 0. The molecule has 1 saturated heterocycles. The number of piperazine rings is 1. The number of nitrogens with zero attached hydrogens (tertiary/aromatic N) is 1. The van der Waals surface area contributed by atoms with Crippen molar-refractivity contribution in [3.8, 4) is 0 Å². The Kier molecular flexibility index (Phi) is 4.25. The van der Waals surface area contributed by atoms with Gasteiger partial charge < -0.3 is 15.3 Å². The van der Waals surface area contributed by atoms with Crippen LogP contribution in [0.3, 0.4) is 0 Å². The third-order valence-corrected chi connectivity index (χ3v) is 3.74. The number of anilines is 1. The Morgan fingerprint density at radius 2 is 2.17 bits per heavy atom. The first-order valence-electron chi connectivity index (χ1n) is 6.80. The molecule has 0 aromatic heterocycles. The van der Waals surface area contributed by atoms with Gasteiger partial charge in [0.15, 0.2) is 0 Å². The van der Waals surface area contributed by atoms with E-state index < -0.39 is 0 Å². The largest absolute Gasteiger partial charge is 0.396 e. The predicted molar refractivity (Wildman–Crippen MR) is 76.2 cm³/mol. The average molecular weight is 248 g/mol. The number of aliphatic hydroxyl groups is 1. The van der Waals surface area contributed by atoms with Gasteiger partial charge in [0.05, 0.1) is 0 Å². The Labute approximate surface area is 110 Å². The van der Waals surface area contributed by atoms with Gasteiger partial charge in [-0.1, -0.05) is 17.7 Å². The van der Waals surface area contributed by atoms with Crippen LogP contribution in [0.25, 0.3) is 0 Å².